The average molecular weight is 452 g/mol. The van der Waals surface area contributed by atoms with Crippen molar-refractivity contribution in [2.75, 3.05) is 13.4 Å². The van der Waals surface area contributed by atoms with Gasteiger partial charge in [-0.3, -0.25) is 9.59 Å². The molecule has 0 saturated carbocycles. The third-order valence-electron chi connectivity index (χ3n) is 6.08. The number of amides is 1. The predicted octanol–water partition coefficient (Wildman–Crippen LogP) is 5.21. The summed E-state index contributed by atoms with van der Waals surface area (Å²) >= 11 is 1.68. The number of hydrogen-bond donors (Lipinski definition) is 1. The fourth-order valence-electron chi connectivity index (χ4n) is 4.61. The fourth-order valence-corrected chi connectivity index (χ4v) is 5.01. The second-order valence-corrected chi connectivity index (χ2v) is 9.46. The van der Waals surface area contributed by atoms with E-state index in [2.05, 4.69) is 17.4 Å². The van der Waals surface area contributed by atoms with Gasteiger partial charge >= 0.3 is 0 Å². The van der Waals surface area contributed by atoms with E-state index in [0.29, 0.717) is 30.8 Å². The zero-order chi connectivity index (χ0) is 22.8. The predicted molar refractivity (Wildman–Crippen MR) is 126 cm³/mol. The molecule has 0 fully saturated rings. The Hall–Kier alpha value is -2.73. The van der Waals surface area contributed by atoms with Crippen LogP contribution in [0.4, 0.5) is 0 Å². The number of nitrogens with one attached hydrogen (secondary N) is 1. The molecule has 2 aromatic carbocycles. The van der Waals surface area contributed by atoms with E-state index in [4.69, 9.17) is 9.47 Å². The highest BCUT2D eigenvalue weighted by Crippen LogP contribution is 2.44. The summed E-state index contributed by atoms with van der Waals surface area (Å²) in [5.74, 6) is 1.22. The monoisotopic (exact) mass is 451 g/mol. The van der Waals surface area contributed by atoms with Crippen LogP contribution in [0.5, 0.6) is 11.5 Å². The molecule has 2 unspecified atom stereocenters. The maximum absolute atomic E-state index is 13.3. The van der Waals surface area contributed by atoms with Crippen LogP contribution < -0.4 is 14.8 Å². The lowest BCUT2D eigenvalue weighted by molar-refractivity contribution is -0.122. The topological polar surface area (TPSA) is 64.6 Å². The zero-order valence-electron chi connectivity index (χ0n) is 18.9. The molecule has 168 valence electrons. The minimum atomic E-state index is -0.181. The van der Waals surface area contributed by atoms with E-state index in [0.717, 1.165) is 27.3 Å². The maximum atomic E-state index is 13.3. The molecule has 1 amide bonds. The Morgan fingerprint density at radius 2 is 1.69 bits per heavy atom. The molecule has 1 N–H and O–H groups in total. The summed E-state index contributed by atoms with van der Waals surface area (Å²) in [5, 5.41) is 3.00. The van der Waals surface area contributed by atoms with Crippen molar-refractivity contribution < 1.29 is 19.1 Å². The van der Waals surface area contributed by atoms with Gasteiger partial charge in [-0.15, -0.1) is 11.8 Å². The van der Waals surface area contributed by atoms with Gasteiger partial charge in [0.2, 0.25) is 5.91 Å². The number of carbonyl (C=O) groups excluding carboxylic acids is 2. The number of rotatable bonds is 6. The van der Waals surface area contributed by atoms with Gasteiger partial charge in [-0.1, -0.05) is 18.2 Å². The van der Waals surface area contributed by atoms with E-state index in [9.17, 15) is 9.59 Å². The fraction of sp³-hybridized carbons (Fsp3) is 0.385. The van der Waals surface area contributed by atoms with Crippen LogP contribution in [0.25, 0.3) is 0 Å². The molecule has 0 bridgehead atoms. The van der Waals surface area contributed by atoms with E-state index in [-0.39, 0.29) is 29.6 Å². The van der Waals surface area contributed by atoms with Crippen LogP contribution in [0.15, 0.2) is 58.6 Å². The average Bonchev–Trinajstić information content (AvgIpc) is 2.78. The van der Waals surface area contributed by atoms with Crippen molar-refractivity contribution in [2.45, 2.75) is 55.9 Å². The summed E-state index contributed by atoms with van der Waals surface area (Å²) in [7, 11) is 1.62. The van der Waals surface area contributed by atoms with E-state index in [1.54, 1.807) is 18.9 Å². The molecule has 32 heavy (non-hydrogen) atoms. The number of methoxy groups -OCH3 is 1. The number of carbonyl (C=O) groups is 2. The summed E-state index contributed by atoms with van der Waals surface area (Å²) in [6.45, 7) is 3.94. The van der Waals surface area contributed by atoms with Crippen LogP contribution in [0.3, 0.4) is 0 Å². The number of ether oxygens (including phenoxy) is 2. The summed E-state index contributed by atoms with van der Waals surface area (Å²) in [5.41, 5.74) is 3.57. The number of allylic oxidation sites excluding steroid dienone is 2. The van der Waals surface area contributed by atoms with Crippen LogP contribution >= 0.6 is 11.8 Å². The van der Waals surface area contributed by atoms with Gasteiger partial charge < -0.3 is 14.8 Å². The number of Topliss-reactive ketones (excluding diaryl/α,β-unsaturated/α-hetero) is 1. The molecule has 2 atom stereocenters. The number of benzene rings is 2. The van der Waals surface area contributed by atoms with Crippen LogP contribution in [-0.2, 0) is 9.59 Å². The van der Waals surface area contributed by atoms with Crippen molar-refractivity contribution in [1.82, 2.24) is 5.32 Å². The first-order valence-electron chi connectivity index (χ1n) is 10.9. The van der Waals surface area contributed by atoms with E-state index < -0.39 is 0 Å². The minimum absolute atomic E-state index is 0.0128. The number of thioether (sulfide) groups is 1. The zero-order valence-corrected chi connectivity index (χ0v) is 19.8. The Morgan fingerprint density at radius 1 is 0.969 bits per heavy atom. The van der Waals surface area contributed by atoms with Crippen LogP contribution in [0.2, 0.25) is 0 Å². The van der Waals surface area contributed by atoms with Crippen molar-refractivity contribution in [2.24, 2.45) is 0 Å². The summed E-state index contributed by atoms with van der Waals surface area (Å²) < 4.78 is 11.3. The molecule has 1 aliphatic heterocycles. The highest BCUT2D eigenvalue weighted by Gasteiger charge is 2.38. The Labute approximate surface area is 193 Å². The molecule has 0 aromatic heterocycles. The summed E-state index contributed by atoms with van der Waals surface area (Å²) in [6.07, 6.45) is 3.42. The second kappa shape index (κ2) is 9.41. The standard InChI is InChI=1S/C26H29NO4S/c1-15(2)31-23-10-7-17(13-24(23)30-3)18-11-21-26(22(28)12-18)20(14-25(29)27-21)16-5-8-19(32-4)9-6-16/h5-10,13,15,18,20H,11-12,14H2,1-4H3,(H,27,29). The van der Waals surface area contributed by atoms with Gasteiger partial charge in [0.1, 0.15) is 0 Å². The van der Waals surface area contributed by atoms with E-state index in [1.807, 2.05) is 50.4 Å². The van der Waals surface area contributed by atoms with Crippen molar-refractivity contribution in [3.8, 4) is 11.5 Å². The molecule has 0 radical (unpaired) electrons. The molecular formula is C26H29NO4S. The van der Waals surface area contributed by atoms with Gasteiger partial charge in [-0.2, -0.15) is 0 Å². The normalized spacial score (nSPS) is 20.8. The first kappa shape index (κ1) is 22.5. The minimum Gasteiger partial charge on any atom is -0.493 e. The molecule has 2 aliphatic rings. The van der Waals surface area contributed by atoms with Gasteiger partial charge in [0.25, 0.3) is 0 Å². The Balaban J connectivity index is 1.64. The molecular weight excluding hydrogens is 422 g/mol. The van der Waals surface area contributed by atoms with Crippen LogP contribution in [0, 0.1) is 0 Å². The van der Waals surface area contributed by atoms with Crippen LogP contribution in [-0.4, -0.2) is 31.2 Å². The molecule has 5 nitrogen and oxygen atoms in total. The molecule has 1 aliphatic carbocycles. The van der Waals surface area contributed by atoms with Gasteiger partial charge in [-0.25, -0.2) is 0 Å². The SMILES string of the molecule is COc1cc(C2CC(=O)C3=C(C2)NC(=O)CC3c2ccc(SC)cc2)ccc1OC(C)C. The lowest BCUT2D eigenvalue weighted by Crippen LogP contribution is -2.38. The first-order chi connectivity index (χ1) is 15.4. The van der Waals surface area contributed by atoms with Crippen molar-refractivity contribution in [1.29, 1.82) is 0 Å². The lowest BCUT2D eigenvalue weighted by atomic mass is 9.73. The molecule has 2 aromatic rings. The van der Waals surface area contributed by atoms with Crippen molar-refractivity contribution in [3.63, 3.8) is 0 Å². The number of ketones is 1. The third-order valence-corrected chi connectivity index (χ3v) is 6.82. The molecule has 4 rings (SSSR count). The molecule has 6 heteroatoms. The molecule has 0 saturated heterocycles. The number of hydrogen-bond acceptors (Lipinski definition) is 5. The largest absolute Gasteiger partial charge is 0.493 e. The van der Waals surface area contributed by atoms with Gasteiger partial charge in [0.15, 0.2) is 17.3 Å². The molecule has 1 heterocycles. The van der Waals surface area contributed by atoms with Gasteiger partial charge in [0, 0.05) is 34.9 Å². The highest BCUT2D eigenvalue weighted by molar-refractivity contribution is 7.98. The Morgan fingerprint density at radius 3 is 2.34 bits per heavy atom. The molecule has 0 spiro atoms. The van der Waals surface area contributed by atoms with E-state index in [1.165, 1.54) is 0 Å². The van der Waals surface area contributed by atoms with Gasteiger partial charge in [0.05, 0.1) is 13.2 Å². The Kier molecular flexibility index (Phi) is 6.60. The maximum Gasteiger partial charge on any atom is 0.225 e. The summed E-state index contributed by atoms with van der Waals surface area (Å²) in [4.78, 5) is 27.0. The van der Waals surface area contributed by atoms with E-state index >= 15 is 0 Å². The third kappa shape index (κ3) is 4.56. The van der Waals surface area contributed by atoms with Crippen molar-refractivity contribution in [3.05, 3.63) is 64.9 Å². The quantitative estimate of drug-likeness (QED) is 0.611. The smallest absolute Gasteiger partial charge is 0.225 e. The first-order valence-corrected chi connectivity index (χ1v) is 12.2. The van der Waals surface area contributed by atoms with Crippen LogP contribution in [0.1, 0.15) is 56.1 Å². The Bertz CT molecular complexity index is 1060. The highest BCUT2D eigenvalue weighted by atomic mass is 32.2. The second-order valence-electron chi connectivity index (χ2n) is 8.58. The lowest BCUT2D eigenvalue weighted by Gasteiger charge is -2.34. The van der Waals surface area contributed by atoms with Crippen molar-refractivity contribution >= 4 is 23.5 Å². The summed E-state index contributed by atoms with van der Waals surface area (Å²) in [6, 6.07) is 14.0. The van der Waals surface area contributed by atoms with Gasteiger partial charge in [-0.05, 0) is 67.8 Å².